The number of benzene rings is 1. The van der Waals surface area contributed by atoms with Crippen molar-refractivity contribution in [2.75, 3.05) is 11.9 Å². The first-order valence-electron chi connectivity index (χ1n) is 13.0. The molecule has 2 heterocycles. The van der Waals surface area contributed by atoms with E-state index >= 15 is 0 Å². The van der Waals surface area contributed by atoms with Gasteiger partial charge < -0.3 is 15.4 Å². The number of anilines is 1. The monoisotopic (exact) mass is 496 g/mol. The van der Waals surface area contributed by atoms with Crippen LogP contribution in [0.3, 0.4) is 0 Å². The van der Waals surface area contributed by atoms with Crippen molar-refractivity contribution in [3.63, 3.8) is 0 Å². The summed E-state index contributed by atoms with van der Waals surface area (Å²) >= 11 is 0. The van der Waals surface area contributed by atoms with E-state index in [0.717, 1.165) is 74.1 Å². The lowest BCUT2D eigenvalue weighted by molar-refractivity contribution is 0.0487. The number of carbonyl (C=O) groups excluding carboxylic acids is 1. The quantitative estimate of drug-likeness (QED) is 0.385. The van der Waals surface area contributed by atoms with Gasteiger partial charge in [0.2, 0.25) is 5.95 Å². The molecule has 36 heavy (non-hydrogen) atoms. The Morgan fingerprint density at radius 3 is 2.56 bits per heavy atom. The van der Waals surface area contributed by atoms with Crippen LogP contribution in [-0.4, -0.2) is 43.9 Å². The van der Waals surface area contributed by atoms with Crippen LogP contribution in [0.25, 0.3) is 16.8 Å². The molecular weight excluding hydrogens is 459 g/mol. The van der Waals surface area contributed by atoms with Crippen LogP contribution in [0.4, 0.5) is 15.1 Å². The summed E-state index contributed by atoms with van der Waals surface area (Å²) in [7, 11) is 0. The molecule has 194 valence electrons. The Bertz CT molecular complexity index is 1160. The maximum Gasteiger partial charge on any atom is 0.407 e. The molecule has 1 aromatic carbocycles. The molecule has 0 spiro atoms. The smallest absolute Gasteiger partial charge is 0.407 e. The van der Waals surface area contributed by atoms with Crippen LogP contribution in [0, 0.1) is 11.7 Å². The largest absolute Gasteiger partial charge is 0.444 e. The standard InChI is InChI=1S/C27H37FN6O2/c1-5-6-15-29-25-30-17-22-24(19-9-11-20(28)12-10-19)32-23(34(22)33-25)16-18-7-13-21(14-8-18)31-26(35)36-27(2,3)4/h9-12,17-18,21H,5-8,13-16H2,1-4H3,(H,29,33)(H,31,35). The van der Waals surface area contributed by atoms with Gasteiger partial charge in [-0.25, -0.2) is 23.7 Å². The fraction of sp³-hybridized carbons (Fsp3) is 0.556. The van der Waals surface area contributed by atoms with E-state index < -0.39 is 5.60 Å². The van der Waals surface area contributed by atoms with Gasteiger partial charge in [0.15, 0.2) is 0 Å². The van der Waals surface area contributed by atoms with Crippen LogP contribution in [0.15, 0.2) is 30.5 Å². The highest BCUT2D eigenvalue weighted by atomic mass is 19.1. The molecule has 8 nitrogen and oxygen atoms in total. The molecule has 4 rings (SSSR count). The lowest BCUT2D eigenvalue weighted by Crippen LogP contribution is -2.41. The Hall–Kier alpha value is -3.23. The highest BCUT2D eigenvalue weighted by Crippen LogP contribution is 2.30. The normalized spacial score (nSPS) is 18.2. The highest BCUT2D eigenvalue weighted by molar-refractivity contribution is 5.77. The molecule has 9 heteroatoms. The molecule has 2 aromatic heterocycles. The summed E-state index contributed by atoms with van der Waals surface area (Å²) in [5.74, 6) is 1.59. The average molecular weight is 497 g/mol. The Morgan fingerprint density at radius 2 is 1.89 bits per heavy atom. The van der Waals surface area contributed by atoms with Gasteiger partial charge in [-0.3, -0.25) is 0 Å². The Kier molecular flexibility index (Phi) is 8.06. The minimum absolute atomic E-state index is 0.125. The van der Waals surface area contributed by atoms with Crippen molar-refractivity contribution >= 4 is 17.6 Å². The molecule has 0 atom stereocenters. The number of hydrogen-bond acceptors (Lipinski definition) is 6. The summed E-state index contributed by atoms with van der Waals surface area (Å²) in [5.41, 5.74) is 1.89. The van der Waals surface area contributed by atoms with Gasteiger partial charge in [0.05, 0.1) is 11.9 Å². The van der Waals surface area contributed by atoms with E-state index in [0.29, 0.717) is 11.9 Å². The number of nitrogens with zero attached hydrogens (tertiary/aromatic N) is 4. The Morgan fingerprint density at radius 1 is 1.17 bits per heavy atom. The molecule has 1 fully saturated rings. The van der Waals surface area contributed by atoms with Gasteiger partial charge in [-0.15, -0.1) is 5.10 Å². The molecule has 1 saturated carbocycles. The number of fused-ring (bicyclic) bond motifs is 1. The average Bonchev–Trinajstić information content (AvgIpc) is 3.17. The molecule has 1 amide bonds. The first-order chi connectivity index (χ1) is 17.2. The van der Waals surface area contributed by atoms with Crippen molar-refractivity contribution in [1.29, 1.82) is 0 Å². The molecule has 0 saturated heterocycles. The second kappa shape index (κ2) is 11.2. The predicted octanol–water partition coefficient (Wildman–Crippen LogP) is 5.77. The summed E-state index contributed by atoms with van der Waals surface area (Å²) in [6.45, 7) is 8.56. The number of hydrogen-bond donors (Lipinski definition) is 2. The van der Waals surface area contributed by atoms with E-state index in [4.69, 9.17) is 14.8 Å². The minimum Gasteiger partial charge on any atom is -0.444 e. The Labute approximate surface area is 212 Å². The number of aromatic nitrogens is 4. The SMILES string of the molecule is CCCCNc1ncc2c(-c3ccc(F)cc3)nc(CC3CCC(NC(=O)OC(C)(C)C)CC3)n2n1. The number of carbonyl (C=O) groups is 1. The number of unbranched alkanes of at least 4 members (excludes halogenated alkanes) is 1. The van der Waals surface area contributed by atoms with Gasteiger partial charge >= 0.3 is 6.09 Å². The van der Waals surface area contributed by atoms with E-state index in [1.807, 2.05) is 25.3 Å². The molecule has 0 unspecified atom stereocenters. The summed E-state index contributed by atoms with van der Waals surface area (Å²) in [6, 6.07) is 6.49. The summed E-state index contributed by atoms with van der Waals surface area (Å²) in [4.78, 5) is 21.6. The molecule has 1 aliphatic rings. The Balaban J connectivity index is 1.50. The van der Waals surface area contributed by atoms with Gasteiger partial charge in [0.25, 0.3) is 0 Å². The zero-order chi connectivity index (χ0) is 25.7. The van der Waals surface area contributed by atoms with Crippen molar-refractivity contribution in [2.45, 2.75) is 84.3 Å². The number of rotatable bonds is 8. The number of imidazole rings is 1. The van der Waals surface area contributed by atoms with E-state index in [1.165, 1.54) is 12.1 Å². The maximum absolute atomic E-state index is 13.5. The minimum atomic E-state index is -0.503. The van der Waals surface area contributed by atoms with E-state index in [-0.39, 0.29) is 18.0 Å². The van der Waals surface area contributed by atoms with Gasteiger partial charge in [0.1, 0.15) is 22.8 Å². The molecule has 0 bridgehead atoms. The third-order valence-corrected chi connectivity index (χ3v) is 6.43. The number of halogens is 1. The van der Waals surface area contributed by atoms with Crippen LogP contribution in [0.5, 0.6) is 0 Å². The third-order valence-electron chi connectivity index (χ3n) is 6.43. The number of amides is 1. The van der Waals surface area contributed by atoms with Gasteiger partial charge in [-0.1, -0.05) is 13.3 Å². The van der Waals surface area contributed by atoms with Gasteiger partial charge in [-0.2, -0.15) is 0 Å². The van der Waals surface area contributed by atoms with Crippen molar-refractivity contribution < 1.29 is 13.9 Å². The second-order valence-corrected chi connectivity index (χ2v) is 10.6. The number of alkyl carbamates (subject to hydrolysis) is 1. The van der Waals surface area contributed by atoms with Gasteiger partial charge in [0, 0.05) is 24.6 Å². The fourth-order valence-electron chi connectivity index (χ4n) is 4.60. The highest BCUT2D eigenvalue weighted by Gasteiger charge is 2.26. The summed E-state index contributed by atoms with van der Waals surface area (Å²) < 4.78 is 20.8. The number of nitrogens with one attached hydrogen (secondary N) is 2. The van der Waals surface area contributed by atoms with E-state index in [2.05, 4.69) is 22.5 Å². The molecular formula is C27H37FN6O2. The van der Waals surface area contributed by atoms with Crippen LogP contribution < -0.4 is 10.6 Å². The summed E-state index contributed by atoms with van der Waals surface area (Å²) in [6.07, 6.45) is 8.10. The van der Waals surface area contributed by atoms with Crippen molar-refractivity contribution in [2.24, 2.45) is 5.92 Å². The molecule has 0 aliphatic heterocycles. The van der Waals surface area contributed by atoms with Crippen molar-refractivity contribution in [3.05, 3.63) is 42.1 Å². The first-order valence-corrected chi connectivity index (χ1v) is 13.0. The van der Waals surface area contributed by atoms with Crippen LogP contribution >= 0.6 is 0 Å². The zero-order valence-electron chi connectivity index (χ0n) is 21.7. The van der Waals surface area contributed by atoms with Crippen molar-refractivity contribution in [1.82, 2.24) is 24.9 Å². The molecule has 2 N–H and O–H groups in total. The molecule has 0 radical (unpaired) electrons. The lowest BCUT2D eigenvalue weighted by atomic mass is 9.84. The molecule has 3 aromatic rings. The lowest BCUT2D eigenvalue weighted by Gasteiger charge is -2.29. The number of ether oxygens (including phenoxy) is 1. The summed E-state index contributed by atoms with van der Waals surface area (Å²) in [5, 5.41) is 11.1. The second-order valence-electron chi connectivity index (χ2n) is 10.6. The van der Waals surface area contributed by atoms with E-state index in [1.54, 1.807) is 18.3 Å². The topological polar surface area (TPSA) is 93.4 Å². The third kappa shape index (κ3) is 6.71. The fourth-order valence-corrected chi connectivity index (χ4v) is 4.60. The van der Waals surface area contributed by atoms with Crippen LogP contribution in [0.2, 0.25) is 0 Å². The predicted molar refractivity (Wildman–Crippen MR) is 138 cm³/mol. The first kappa shape index (κ1) is 25.9. The van der Waals surface area contributed by atoms with E-state index in [9.17, 15) is 9.18 Å². The zero-order valence-corrected chi connectivity index (χ0v) is 21.7. The van der Waals surface area contributed by atoms with Gasteiger partial charge in [-0.05, 0) is 83.1 Å². The van der Waals surface area contributed by atoms with Crippen LogP contribution in [0.1, 0.15) is 72.0 Å². The molecule has 1 aliphatic carbocycles. The van der Waals surface area contributed by atoms with Crippen molar-refractivity contribution in [3.8, 4) is 11.3 Å². The van der Waals surface area contributed by atoms with Crippen LogP contribution in [-0.2, 0) is 11.2 Å². The maximum atomic E-state index is 13.5.